The highest BCUT2D eigenvalue weighted by molar-refractivity contribution is 7.26. The standard InChI is InChI=1S/C51H27N3OS/c1-5-16-35-30(12-1)31-13-2-6-17-36(31)51(35)37-18-9-11-28-23-25-40-46(44(28)37)45-38(51)19-10-20-39(45)54(40)50-52-47(49-48(53-50)33-15-4-8-22-43(33)56-49)29-24-26-42-34(27-29)32-14-3-7-21-41(32)55-42/h1-27H. The third-order valence-corrected chi connectivity index (χ3v) is 13.8. The van der Waals surface area contributed by atoms with Gasteiger partial charge in [0.1, 0.15) is 11.2 Å². The van der Waals surface area contributed by atoms with Crippen molar-refractivity contribution in [3.8, 4) is 28.3 Å². The number of rotatable bonds is 2. The molecule has 8 aromatic carbocycles. The monoisotopic (exact) mass is 729 g/mol. The molecule has 0 bridgehead atoms. The lowest BCUT2D eigenvalue weighted by Crippen LogP contribution is -2.30. The summed E-state index contributed by atoms with van der Waals surface area (Å²) >= 11 is 1.76. The van der Waals surface area contributed by atoms with Crippen LogP contribution in [-0.4, -0.2) is 14.5 Å². The molecule has 0 unspecified atom stereocenters. The fraction of sp³-hybridized carbons (Fsp3) is 0.0196. The number of para-hydroxylation sites is 1. The van der Waals surface area contributed by atoms with Gasteiger partial charge in [-0.2, -0.15) is 0 Å². The number of aromatic nitrogens is 3. The number of hydrogen-bond acceptors (Lipinski definition) is 4. The van der Waals surface area contributed by atoms with Gasteiger partial charge in [0.05, 0.1) is 32.4 Å². The number of furan rings is 1. The minimum atomic E-state index is -0.470. The first-order valence-corrected chi connectivity index (χ1v) is 19.9. The van der Waals surface area contributed by atoms with E-state index in [1.807, 2.05) is 12.1 Å². The molecule has 4 aromatic heterocycles. The second-order valence-electron chi connectivity index (χ2n) is 15.2. The summed E-state index contributed by atoms with van der Waals surface area (Å²) in [7, 11) is 0. The van der Waals surface area contributed by atoms with Gasteiger partial charge in [-0.15, -0.1) is 11.3 Å². The summed E-state index contributed by atoms with van der Waals surface area (Å²) < 4.78 is 10.9. The Bertz CT molecular complexity index is 3690. The molecule has 0 aliphatic heterocycles. The van der Waals surface area contributed by atoms with Crippen LogP contribution in [0.4, 0.5) is 0 Å². The van der Waals surface area contributed by atoms with Crippen LogP contribution >= 0.6 is 11.3 Å². The minimum Gasteiger partial charge on any atom is -0.456 e. The Morgan fingerprint density at radius 3 is 2.04 bits per heavy atom. The average Bonchev–Trinajstić information content (AvgIpc) is 4.00. The van der Waals surface area contributed by atoms with Gasteiger partial charge in [-0.3, -0.25) is 4.57 Å². The van der Waals surface area contributed by atoms with Gasteiger partial charge in [-0.1, -0.05) is 121 Å². The van der Waals surface area contributed by atoms with E-state index in [9.17, 15) is 0 Å². The molecule has 4 nitrogen and oxygen atoms in total. The van der Waals surface area contributed by atoms with Crippen molar-refractivity contribution in [1.82, 2.24) is 14.5 Å². The van der Waals surface area contributed by atoms with Crippen molar-refractivity contribution in [3.05, 3.63) is 186 Å². The molecule has 0 radical (unpaired) electrons. The highest BCUT2D eigenvalue weighted by Crippen LogP contribution is 2.62. The zero-order chi connectivity index (χ0) is 36.3. The minimum absolute atomic E-state index is 0.470. The van der Waals surface area contributed by atoms with Crippen molar-refractivity contribution >= 4 is 86.2 Å². The maximum Gasteiger partial charge on any atom is 0.235 e. The van der Waals surface area contributed by atoms with E-state index >= 15 is 0 Å². The number of nitrogens with zero attached hydrogens (tertiary/aromatic N) is 3. The second kappa shape index (κ2) is 10.2. The first kappa shape index (κ1) is 29.3. The molecule has 0 saturated carbocycles. The largest absolute Gasteiger partial charge is 0.456 e. The van der Waals surface area contributed by atoms with Crippen molar-refractivity contribution in [1.29, 1.82) is 0 Å². The molecule has 56 heavy (non-hydrogen) atoms. The molecule has 5 heteroatoms. The first-order chi connectivity index (χ1) is 27.8. The predicted octanol–water partition coefficient (Wildman–Crippen LogP) is 13.3. The predicted molar refractivity (Wildman–Crippen MR) is 230 cm³/mol. The van der Waals surface area contributed by atoms with E-state index in [0.717, 1.165) is 59.8 Å². The van der Waals surface area contributed by atoms with Crippen molar-refractivity contribution in [3.63, 3.8) is 0 Å². The molecule has 14 rings (SSSR count). The Morgan fingerprint density at radius 2 is 1.18 bits per heavy atom. The molecule has 258 valence electrons. The van der Waals surface area contributed by atoms with Gasteiger partial charge >= 0.3 is 0 Å². The first-order valence-electron chi connectivity index (χ1n) is 19.1. The Hall–Kier alpha value is -7.08. The summed E-state index contributed by atoms with van der Waals surface area (Å²) in [6.45, 7) is 0. The molecule has 0 fully saturated rings. The zero-order valence-corrected chi connectivity index (χ0v) is 30.6. The van der Waals surface area contributed by atoms with Gasteiger partial charge in [0.2, 0.25) is 5.95 Å². The fourth-order valence-corrected chi connectivity index (χ4v) is 11.6. The molecule has 2 aliphatic carbocycles. The van der Waals surface area contributed by atoms with Crippen molar-refractivity contribution in [2.75, 3.05) is 0 Å². The van der Waals surface area contributed by atoms with E-state index in [1.54, 1.807) is 11.3 Å². The maximum absolute atomic E-state index is 6.26. The highest BCUT2D eigenvalue weighted by atomic mass is 32.1. The molecule has 0 atom stereocenters. The average molecular weight is 730 g/mol. The van der Waals surface area contributed by atoms with Crippen LogP contribution in [0.1, 0.15) is 22.3 Å². The molecule has 4 heterocycles. The molecule has 12 aromatic rings. The van der Waals surface area contributed by atoms with Crippen LogP contribution in [0.15, 0.2) is 168 Å². The summed E-state index contributed by atoms with van der Waals surface area (Å²) in [4.78, 5) is 11.1. The topological polar surface area (TPSA) is 43.9 Å². The molecular weight excluding hydrogens is 703 g/mol. The van der Waals surface area contributed by atoms with Crippen molar-refractivity contribution in [2.24, 2.45) is 0 Å². The summed E-state index contributed by atoms with van der Waals surface area (Å²) in [5.74, 6) is 0.672. The Morgan fingerprint density at radius 1 is 0.500 bits per heavy atom. The quantitative estimate of drug-likeness (QED) is 0.178. The van der Waals surface area contributed by atoms with Crippen molar-refractivity contribution < 1.29 is 4.42 Å². The normalized spacial score (nSPS) is 13.9. The molecule has 0 saturated heterocycles. The third-order valence-electron chi connectivity index (χ3n) is 12.6. The van der Waals surface area contributed by atoms with Crippen LogP contribution in [-0.2, 0) is 5.41 Å². The van der Waals surface area contributed by atoms with Gasteiger partial charge in [-0.05, 0) is 86.6 Å². The van der Waals surface area contributed by atoms with E-state index in [2.05, 4.69) is 156 Å². The molecule has 2 aliphatic rings. The molecule has 0 N–H and O–H groups in total. The lowest BCUT2D eigenvalue weighted by atomic mass is 9.63. The molecule has 0 amide bonds. The maximum atomic E-state index is 6.26. The van der Waals surface area contributed by atoms with Gasteiger partial charge in [0.25, 0.3) is 0 Å². The highest BCUT2D eigenvalue weighted by Gasteiger charge is 2.50. The molecular formula is C51H27N3OS. The Labute approximate surface area is 323 Å². The van der Waals surface area contributed by atoms with E-state index in [-0.39, 0.29) is 0 Å². The van der Waals surface area contributed by atoms with E-state index < -0.39 is 5.41 Å². The zero-order valence-electron chi connectivity index (χ0n) is 29.7. The van der Waals surface area contributed by atoms with Gasteiger partial charge in [0, 0.05) is 37.2 Å². The van der Waals surface area contributed by atoms with E-state index in [4.69, 9.17) is 14.4 Å². The summed E-state index contributed by atoms with van der Waals surface area (Å²) in [5.41, 5.74) is 14.4. The lowest BCUT2D eigenvalue weighted by molar-refractivity contribution is 0.669. The number of hydrogen-bond donors (Lipinski definition) is 0. The van der Waals surface area contributed by atoms with Crippen LogP contribution < -0.4 is 0 Å². The number of benzene rings is 8. The van der Waals surface area contributed by atoms with Crippen LogP contribution in [0, 0.1) is 0 Å². The Balaban J connectivity index is 1.13. The van der Waals surface area contributed by atoms with Crippen LogP contribution in [0.25, 0.3) is 103 Å². The number of fused-ring (bicyclic) bond motifs is 13. The van der Waals surface area contributed by atoms with Gasteiger partial charge < -0.3 is 4.42 Å². The smallest absolute Gasteiger partial charge is 0.235 e. The van der Waals surface area contributed by atoms with Gasteiger partial charge in [0.15, 0.2) is 0 Å². The SMILES string of the molecule is c1ccc2c(c1)-c1ccccc1C21c2cccc3ccc4c(c23)c2c1cccc2n4-c1nc(-c2ccc3oc4ccccc4c3c2)c2sc3ccccc3c2n1. The summed E-state index contributed by atoms with van der Waals surface area (Å²) in [5, 5.41) is 8.41. The second-order valence-corrected chi connectivity index (χ2v) is 16.2. The fourth-order valence-electron chi connectivity index (χ4n) is 10.5. The van der Waals surface area contributed by atoms with Crippen LogP contribution in [0.5, 0.6) is 0 Å². The third kappa shape index (κ3) is 3.39. The number of thiophene rings is 1. The molecule has 1 spiro atoms. The lowest BCUT2D eigenvalue weighted by Gasteiger charge is -2.37. The van der Waals surface area contributed by atoms with Crippen LogP contribution in [0.3, 0.4) is 0 Å². The Kier molecular flexibility index (Phi) is 5.31. The van der Waals surface area contributed by atoms with E-state index in [1.165, 1.54) is 59.6 Å². The summed E-state index contributed by atoms with van der Waals surface area (Å²) in [6, 6.07) is 59.7. The van der Waals surface area contributed by atoms with Crippen LogP contribution in [0.2, 0.25) is 0 Å². The van der Waals surface area contributed by atoms with E-state index in [0.29, 0.717) is 5.95 Å². The van der Waals surface area contributed by atoms with Crippen molar-refractivity contribution in [2.45, 2.75) is 5.41 Å². The summed E-state index contributed by atoms with van der Waals surface area (Å²) in [6.07, 6.45) is 0. The van der Waals surface area contributed by atoms with Gasteiger partial charge in [-0.25, -0.2) is 9.97 Å².